The van der Waals surface area contributed by atoms with Crippen LogP contribution in [0.3, 0.4) is 0 Å². The first-order valence-corrected chi connectivity index (χ1v) is 7.13. The van der Waals surface area contributed by atoms with E-state index in [1.165, 1.54) is 4.88 Å². The fourth-order valence-corrected chi connectivity index (χ4v) is 2.80. The van der Waals surface area contributed by atoms with Crippen LogP contribution >= 0.6 is 22.9 Å². The van der Waals surface area contributed by atoms with Gasteiger partial charge in [-0.1, -0.05) is 23.7 Å². The molecule has 2 rings (SSSR count). The Labute approximate surface area is 117 Å². The van der Waals surface area contributed by atoms with Crippen LogP contribution in [0.4, 0.5) is 5.69 Å². The van der Waals surface area contributed by atoms with Gasteiger partial charge in [0.05, 0.1) is 22.7 Å². The number of thiophene rings is 1. The van der Waals surface area contributed by atoms with Gasteiger partial charge in [-0.15, -0.1) is 11.3 Å². The minimum absolute atomic E-state index is 0.212. The highest BCUT2D eigenvalue weighted by Crippen LogP contribution is 2.32. The van der Waals surface area contributed by atoms with Crippen LogP contribution in [0.25, 0.3) is 0 Å². The molecule has 18 heavy (non-hydrogen) atoms. The van der Waals surface area contributed by atoms with Gasteiger partial charge < -0.3 is 10.1 Å². The maximum absolute atomic E-state index is 5.95. The topological polar surface area (TPSA) is 21.3 Å². The molecular weight excluding hydrogens is 266 g/mol. The second kappa shape index (κ2) is 6.12. The summed E-state index contributed by atoms with van der Waals surface area (Å²) in [6, 6.07) is 12.2. The number of hydrogen-bond donors (Lipinski definition) is 1. The molecule has 4 heteroatoms. The summed E-state index contributed by atoms with van der Waals surface area (Å²) in [4.78, 5) is 1.21. The summed E-state index contributed by atoms with van der Waals surface area (Å²) in [6.45, 7) is 4.77. The molecule has 0 aliphatic rings. The standard InChI is InChI=1S/C14H16ClNOS/c1-3-17-12-7-5-4-6-11(12)16-10(2)13-8-9-14(15)18-13/h4-10,16H,3H2,1-2H3. The zero-order chi connectivity index (χ0) is 13.0. The van der Waals surface area contributed by atoms with Crippen molar-refractivity contribution in [1.82, 2.24) is 0 Å². The lowest BCUT2D eigenvalue weighted by Crippen LogP contribution is -2.06. The van der Waals surface area contributed by atoms with E-state index < -0.39 is 0 Å². The second-order valence-electron chi connectivity index (χ2n) is 3.94. The molecule has 1 aromatic heterocycles. The fraction of sp³-hybridized carbons (Fsp3) is 0.286. The Bertz CT molecular complexity index is 512. The van der Waals surface area contributed by atoms with Crippen LogP contribution in [0.15, 0.2) is 36.4 Å². The largest absolute Gasteiger partial charge is 0.492 e. The SMILES string of the molecule is CCOc1ccccc1NC(C)c1ccc(Cl)s1. The van der Waals surface area contributed by atoms with Gasteiger partial charge in [-0.2, -0.15) is 0 Å². The molecule has 0 aliphatic carbocycles. The molecule has 1 atom stereocenters. The summed E-state index contributed by atoms with van der Waals surface area (Å²) in [6.07, 6.45) is 0. The van der Waals surface area contributed by atoms with E-state index >= 15 is 0 Å². The smallest absolute Gasteiger partial charge is 0.142 e. The number of nitrogens with one attached hydrogen (secondary N) is 1. The first-order valence-electron chi connectivity index (χ1n) is 5.94. The van der Waals surface area contributed by atoms with Crippen LogP contribution in [-0.4, -0.2) is 6.61 Å². The van der Waals surface area contributed by atoms with Crippen molar-refractivity contribution < 1.29 is 4.74 Å². The minimum atomic E-state index is 0.212. The summed E-state index contributed by atoms with van der Waals surface area (Å²) in [5.74, 6) is 0.884. The van der Waals surface area contributed by atoms with Gasteiger partial charge in [-0.3, -0.25) is 0 Å². The molecule has 1 unspecified atom stereocenters. The third kappa shape index (κ3) is 3.18. The zero-order valence-electron chi connectivity index (χ0n) is 10.4. The minimum Gasteiger partial charge on any atom is -0.492 e. The predicted octanol–water partition coefficient (Wildman–Crippen LogP) is 4.97. The highest BCUT2D eigenvalue weighted by atomic mass is 35.5. The van der Waals surface area contributed by atoms with Crippen LogP contribution in [0.2, 0.25) is 4.34 Å². The average Bonchev–Trinajstić information content (AvgIpc) is 2.79. The molecule has 0 radical (unpaired) electrons. The first kappa shape index (κ1) is 13.2. The van der Waals surface area contributed by atoms with E-state index in [1.54, 1.807) is 11.3 Å². The summed E-state index contributed by atoms with van der Waals surface area (Å²) >= 11 is 7.55. The number of para-hydroxylation sites is 2. The van der Waals surface area contributed by atoms with E-state index in [2.05, 4.69) is 12.2 Å². The van der Waals surface area contributed by atoms with E-state index in [9.17, 15) is 0 Å². The predicted molar refractivity (Wildman–Crippen MR) is 79.0 cm³/mol. The molecule has 1 heterocycles. The molecule has 0 saturated carbocycles. The lowest BCUT2D eigenvalue weighted by Gasteiger charge is -2.16. The molecule has 0 spiro atoms. The number of anilines is 1. The Morgan fingerprint density at radius 2 is 2.06 bits per heavy atom. The lowest BCUT2D eigenvalue weighted by molar-refractivity contribution is 0.341. The Morgan fingerprint density at radius 3 is 2.72 bits per heavy atom. The van der Waals surface area contributed by atoms with Gasteiger partial charge >= 0.3 is 0 Å². The van der Waals surface area contributed by atoms with Gasteiger partial charge in [0.1, 0.15) is 5.75 Å². The van der Waals surface area contributed by atoms with E-state index in [4.69, 9.17) is 16.3 Å². The van der Waals surface area contributed by atoms with Gasteiger partial charge in [-0.25, -0.2) is 0 Å². The summed E-state index contributed by atoms with van der Waals surface area (Å²) in [5.41, 5.74) is 1.01. The van der Waals surface area contributed by atoms with E-state index in [1.807, 2.05) is 43.3 Å². The number of hydrogen-bond acceptors (Lipinski definition) is 3. The summed E-state index contributed by atoms with van der Waals surface area (Å²) in [5, 5.41) is 3.45. The summed E-state index contributed by atoms with van der Waals surface area (Å²) < 4.78 is 6.41. The number of halogens is 1. The monoisotopic (exact) mass is 281 g/mol. The number of rotatable bonds is 5. The fourth-order valence-electron chi connectivity index (χ4n) is 1.73. The van der Waals surface area contributed by atoms with Crippen LogP contribution in [0, 0.1) is 0 Å². The molecule has 2 nitrogen and oxygen atoms in total. The average molecular weight is 282 g/mol. The highest BCUT2D eigenvalue weighted by molar-refractivity contribution is 7.16. The van der Waals surface area contributed by atoms with Crippen LogP contribution in [0.1, 0.15) is 24.8 Å². The van der Waals surface area contributed by atoms with Crippen molar-refractivity contribution in [2.45, 2.75) is 19.9 Å². The van der Waals surface area contributed by atoms with Crippen molar-refractivity contribution in [3.63, 3.8) is 0 Å². The molecule has 0 aliphatic heterocycles. The van der Waals surface area contributed by atoms with Crippen LogP contribution in [-0.2, 0) is 0 Å². The Morgan fingerprint density at radius 1 is 1.28 bits per heavy atom. The first-order chi connectivity index (χ1) is 8.70. The second-order valence-corrected chi connectivity index (χ2v) is 5.68. The number of ether oxygens (including phenoxy) is 1. The molecular formula is C14H16ClNOS. The molecule has 0 fully saturated rings. The highest BCUT2D eigenvalue weighted by Gasteiger charge is 2.10. The molecule has 0 amide bonds. The lowest BCUT2D eigenvalue weighted by atomic mass is 10.2. The molecule has 1 aromatic carbocycles. The van der Waals surface area contributed by atoms with E-state index in [0.717, 1.165) is 15.8 Å². The third-order valence-corrected chi connectivity index (χ3v) is 3.99. The van der Waals surface area contributed by atoms with Crippen molar-refractivity contribution in [2.24, 2.45) is 0 Å². The van der Waals surface area contributed by atoms with Crippen LogP contribution < -0.4 is 10.1 Å². The molecule has 0 saturated heterocycles. The Kier molecular flexibility index (Phi) is 4.50. The molecule has 0 bridgehead atoms. The van der Waals surface area contributed by atoms with Gasteiger partial charge in [-0.05, 0) is 38.1 Å². The van der Waals surface area contributed by atoms with Crippen LogP contribution in [0.5, 0.6) is 5.75 Å². The third-order valence-electron chi connectivity index (χ3n) is 2.58. The van der Waals surface area contributed by atoms with Gasteiger partial charge in [0.25, 0.3) is 0 Å². The Balaban J connectivity index is 2.13. The van der Waals surface area contributed by atoms with Crippen molar-refractivity contribution >= 4 is 28.6 Å². The quantitative estimate of drug-likeness (QED) is 0.835. The van der Waals surface area contributed by atoms with Gasteiger partial charge in [0, 0.05) is 4.88 Å². The van der Waals surface area contributed by atoms with Gasteiger partial charge in [0.15, 0.2) is 0 Å². The normalized spacial score (nSPS) is 12.2. The van der Waals surface area contributed by atoms with Crippen molar-refractivity contribution in [3.05, 3.63) is 45.6 Å². The van der Waals surface area contributed by atoms with E-state index in [0.29, 0.717) is 6.61 Å². The van der Waals surface area contributed by atoms with Crippen molar-refractivity contribution in [1.29, 1.82) is 0 Å². The zero-order valence-corrected chi connectivity index (χ0v) is 12.0. The summed E-state index contributed by atoms with van der Waals surface area (Å²) in [7, 11) is 0. The molecule has 2 aromatic rings. The van der Waals surface area contributed by atoms with Crippen molar-refractivity contribution in [2.75, 3.05) is 11.9 Å². The van der Waals surface area contributed by atoms with Gasteiger partial charge in [0.2, 0.25) is 0 Å². The Hall–Kier alpha value is -1.19. The number of benzene rings is 1. The molecule has 96 valence electrons. The van der Waals surface area contributed by atoms with E-state index in [-0.39, 0.29) is 6.04 Å². The molecule has 1 N–H and O–H groups in total. The maximum atomic E-state index is 5.95. The van der Waals surface area contributed by atoms with Crippen molar-refractivity contribution in [3.8, 4) is 5.75 Å². The maximum Gasteiger partial charge on any atom is 0.142 e.